The number of aromatic nitrogens is 1. The normalized spacial score (nSPS) is 11.5. The van der Waals surface area contributed by atoms with Gasteiger partial charge in [-0.05, 0) is 68.7 Å². The highest BCUT2D eigenvalue weighted by Gasteiger charge is 2.21. The Kier molecular flexibility index (Phi) is 4.00. The Labute approximate surface area is 124 Å². The van der Waals surface area contributed by atoms with Crippen molar-refractivity contribution in [2.45, 2.75) is 32.6 Å². The monoisotopic (exact) mass is 308 g/mol. The minimum Gasteiger partial charge on any atom is -0.263 e. The average molecular weight is 308 g/mol. The number of hydrogen-bond donors (Lipinski definition) is 1. The summed E-state index contributed by atoms with van der Waals surface area (Å²) in [6, 6.07) is 5.91. The van der Waals surface area contributed by atoms with Crippen LogP contribution in [0.3, 0.4) is 0 Å². The molecule has 1 N–H and O–H groups in total. The number of benzene rings is 1. The SMILES string of the molecule is Cc1cc(C)nc(NS(=O)(=O)c2c(C)cc(F)cc2C)c1. The second-order valence-corrected chi connectivity index (χ2v) is 6.76. The zero-order chi connectivity index (χ0) is 15.8. The van der Waals surface area contributed by atoms with Gasteiger partial charge in [-0.2, -0.15) is 0 Å². The fourth-order valence-electron chi connectivity index (χ4n) is 2.40. The zero-order valence-corrected chi connectivity index (χ0v) is 13.2. The van der Waals surface area contributed by atoms with Crippen LogP contribution in [0.1, 0.15) is 22.4 Å². The van der Waals surface area contributed by atoms with E-state index in [-0.39, 0.29) is 10.7 Å². The molecule has 21 heavy (non-hydrogen) atoms. The molecule has 0 fully saturated rings. The number of aryl methyl sites for hydroxylation is 4. The lowest BCUT2D eigenvalue weighted by molar-refractivity contribution is 0.597. The van der Waals surface area contributed by atoms with Gasteiger partial charge < -0.3 is 0 Å². The molecule has 0 aliphatic rings. The van der Waals surface area contributed by atoms with Crippen LogP contribution in [0.15, 0.2) is 29.2 Å². The maximum Gasteiger partial charge on any atom is 0.263 e. The summed E-state index contributed by atoms with van der Waals surface area (Å²) in [6.07, 6.45) is 0. The molecule has 0 bridgehead atoms. The summed E-state index contributed by atoms with van der Waals surface area (Å²) in [5, 5.41) is 0. The van der Waals surface area contributed by atoms with Crippen molar-refractivity contribution in [2.24, 2.45) is 0 Å². The molecule has 1 aromatic heterocycles. The molecule has 0 aliphatic carbocycles. The molecule has 0 amide bonds. The number of halogens is 1. The van der Waals surface area contributed by atoms with Crippen molar-refractivity contribution in [3.63, 3.8) is 0 Å². The van der Waals surface area contributed by atoms with Crippen LogP contribution >= 0.6 is 0 Å². The van der Waals surface area contributed by atoms with Gasteiger partial charge in [0, 0.05) is 5.69 Å². The number of nitrogens with one attached hydrogen (secondary N) is 1. The third-order valence-corrected chi connectivity index (χ3v) is 4.69. The number of pyridine rings is 1. The fraction of sp³-hybridized carbons (Fsp3) is 0.267. The lowest BCUT2D eigenvalue weighted by Crippen LogP contribution is -2.17. The second-order valence-electron chi connectivity index (χ2n) is 5.15. The van der Waals surface area contributed by atoms with Gasteiger partial charge in [-0.25, -0.2) is 17.8 Å². The molecule has 0 spiro atoms. The summed E-state index contributed by atoms with van der Waals surface area (Å²) in [6.45, 7) is 6.79. The highest BCUT2D eigenvalue weighted by atomic mass is 32.2. The van der Waals surface area contributed by atoms with Gasteiger partial charge in [0.1, 0.15) is 11.6 Å². The smallest absolute Gasteiger partial charge is 0.263 e. The van der Waals surface area contributed by atoms with Crippen molar-refractivity contribution in [3.05, 3.63) is 52.5 Å². The van der Waals surface area contributed by atoms with Crippen molar-refractivity contribution in [2.75, 3.05) is 4.72 Å². The van der Waals surface area contributed by atoms with Crippen LogP contribution in [0, 0.1) is 33.5 Å². The van der Waals surface area contributed by atoms with E-state index in [4.69, 9.17) is 0 Å². The molecule has 2 aromatic rings. The molecule has 0 atom stereocenters. The van der Waals surface area contributed by atoms with Crippen LogP contribution in [0.2, 0.25) is 0 Å². The number of hydrogen-bond acceptors (Lipinski definition) is 3. The minimum atomic E-state index is -3.80. The number of rotatable bonds is 3. The number of sulfonamides is 1. The summed E-state index contributed by atoms with van der Waals surface area (Å²) >= 11 is 0. The van der Waals surface area contributed by atoms with Crippen LogP contribution in [0.5, 0.6) is 0 Å². The average Bonchev–Trinajstić information content (AvgIpc) is 2.23. The van der Waals surface area contributed by atoms with Gasteiger partial charge in [0.05, 0.1) is 4.90 Å². The van der Waals surface area contributed by atoms with Crippen LogP contribution in [0.4, 0.5) is 10.2 Å². The minimum absolute atomic E-state index is 0.0878. The summed E-state index contributed by atoms with van der Waals surface area (Å²) in [5.41, 5.74) is 2.36. The first-order valence-electron chi connectivity index (χ1n) is 6.44. The molecule has 6 heteroatoms. The molecule has 4 nitrogen and oxygen atoms in total. The van der Waals surface area contributed by atoms with Crippen molar-refractivity contribution in [1.29, 1.82) is 0 Å². The van der Waals surface area contributed by atoms with Crippen LogP contribution in [-0.4, -0.2) is 13.4 Å². The first-order valence-corrected chi connectivity index (χ1v) is 7.92. The summed E-state index contributed by atoms with van der Waals surface area (Å²) in [7, 11) is -3.80. The van der Waals surface area contributed by atoms with Gasteiger partial charge in [0.15, 0.2) is 0 Å². The number of nitrogens with zero attached hydrogens (tertiary/aromatic N) is 1. The van der Waals surface area contributed by atoms with Crippen molar-refractivity contribution in [3.8, 4) is 0 Å². The predicted molar refractivity (Wildman–Crippen MR) is 80.4 cm³/mol. The molecule has 1 aromatic carbocycles. The van der Waals surface area contributed by atoms with E-state index < -0.39 is 15.8 Å². The van der Waals surface area contributed by atoms with Crippen molar-refractivity contribution >= 4 is 15.8 Å². The third-order valence-electron chi connectivity index (χ3n) is 3.03. The molecule has 1 heterocycles. The summed E-state index contributed by atoms with van der Waals surface area (Å²) in [4.78, 5) is 4.25. The van der Waals surface area contributed by atoms with Gasteiger partial charge in [-0.15, -0.1) is 0 Å². The Hall–Kier alpha value is -1.95. The maximum atomic E-state index is 13.3. The van der Waals surface area contributed by atoms with E-state index in [0.717, 1.165) is 11.3 Å². The molecule has 112 valence electrons. The highest BCUT2D eigenvalue weighted by Crippen LogP contribution is 2.24. The Morgan fingerprint density at radius 3 is 2.10 bits per heavy atom. The van der Waals surface area contributed by atoms with Crippen molar-refractivity contribution in [1.82, 2.24) is 4.98 Å². The fourth-order valence-corrected chi connectivity index (χ4v) is 3.85. The summed E-state index contributed by atoms with van der Waals surface area (Å²) < 4.78 is 40.8. The highest BCUT2D eigenvalue weighted by molar-refractivity contribution is 7.92. The molecule has 0 saturated heterocycles. The lowest BCUT2D eigenvalue weighted by atomic mass is 10.1. The standard InChI is InChI=1S/C15H17FN2O2S/c1-9-5-12(4)17-14(6-9)18-21(19,20)15-10(2)7-13(16)8-11(15)3/h5-8H,1-4H3,(H,17,18). The number of anilines is 1. The van der Waals surface area contributed by atoms with Gasteiger partial charge in [-0.1, -0.05) is 0 Å². The molecule has 2 rings (SSSR count). The largest absolute Gasteiger partial charge is 0.263 e. The summed E-state index contributed by atoms with van der Waals surface area (Å²) in [5.74, 6) is -0.191. The molecular formula is C15H17FN2O2S. The van der Waals surface area contributed by atoms with E-state index >= 15 is 0 Å². The van der Waals surface area contributed by atoms with Crippen molar-refractivity contribution < 1.29 is 12.8 Å². The first-order chi connectivity index (χ1) is 9.69. The van der Waals surface area contributed by atoms with Crippen LogP contribution < -0.4 is 4.72 Å². The van der Waals surface area contributed by atoms with Gasteiger partial charge in [0.25, 0.3) is 10.0 Å². The predicted octanol–water partition coefficient (Wildman–Crippen LogP) is 3.26. The lowest BCUT2D eigenvalue weighted by Gasteiger charge is -2.13. The second kappa shape index (κ2) is 5.44. The topological polar surface area (TPSA) is 59.1 Å². The molecular weight excluding hydrogens is 291 g/mol. The molecule has 0 saturated carbocycles. The van der Waals surface area contributed by atoms with Crippen LogP contribution in [-0.2, 0) is 10.0 Å². The van der Waals surface area contributed by atoms with E-state index in [1.807, 2.05) is 13.0 Å². The zero-order valence-electron chi connectivity index (χ0n) is 12.4. The maximum absolute atomic E-state index is 13.3. The molecule has 0 radical (unpaired) electrons. The third kappa shape index (κ3) is 3.39. The molecule has 0 unspecified atom stereocenters. The van der Waals surface area contributed by atoms with E-state index in [9.17, 15) is 12.8 Å². The Morgan fingerprint density at radius 2 is 1.57 bits per heavy atom. The Balaban J connectivity index is 2.48. The quantitative estimate of drug-likeness (QED) is 0.947. The van der Waals surface area contributed by atoms with E-state index in [1.54, 1.807) is 26.8 Å². The van der Waals surface area contributed by atoms with Crippen LogP contribution in [0.25, 0.3) is 0 Å². The van der Waals surface area contributed by atoms with E-state index in [1.165, 1.54) is 12.1 Å². The Morgan fingerprint density at radius 1 is 1.00 bits per heavy atom. The van der Waals surface area contributed by atoms with Gasteiger partial charge in [-0.3, -0.25) is 4.72 Å². The van der Waals surface area contributed by atoms with Gasteiger partial charge >= 0.3 is 0 Å². The van der Waals surface area contributed by atoms with E-state index in [2.05, 4.69) is 9.71 Å². The van der Waals surface area contributed by atoms with E-state index in [0.29, 0.717) is 11.1 Å². The molecule has 0 aliphatic heterocycles. The van der Waals surface area contributed by atoms with Gasteiger partial charge in [0.2, 0.25) is 0 Å². The first kappa shape index (κ1) is 15.4. The Bertz CT molecular complexity index is 758.